The number of halogens is 2. The third kappa shape index (κ3) is 4.55. The van der Waals surface area contributed by atoms with Crippen molar-refractivity contribution in [3.63, 3.8) is 0 Å². The molecular formula is C17H19F2NS. The van der Waals surface area contributed by atoms with Gasteiger partial charge in [-0.05, 0) is 42.8 Å². The molecule has 0 aromatic heterocycles. The lowest BCUT2D eigenvalue weighted by molar-refractivity contribution is 0.558. The fraction of sp³-hybridized carbons (Fsp3) is 0.294. The molecule has 2 aromatic rings. The van der Waals surface area contributed by atoms with Crippen molar-refractivity contribution >= 4 is 11.8 Å². The summed E-state index contributed by atoms with van der Waals surface area (Å²) < 4.78 is 26.8. The minimum Gasteiger partial charge on any atom is -0.309 e. The summed E-state index contributed by atoms with van der Waals surface area (Å²) >= 11 is 1.69. The first-order valence-electron chi connectivity index (χ1n) is 6.98. The van der Waals surface area contributed by atoms with Gasteiger partial charge in [-0.2, -0.15) is 0 Å². The third-order valence-corrected chi connectivity index (χ3v) is 4.51. The topological polar surface area (TPSA) is 12.0 Å². The summed E-state index contributed by atoms with van der Waals surface area (Å²) in [6, 6.07) is 11.7. The van der Waals surface area contributed by atoms with Crippen molar-refractivity contribution in [2.45, 2.75) is 24.8 Å². The van der Waals surface area contributed by atoms with Gasteiger partial charge in [-0.25, -0.2) is 8.78 Å². The van der Waals surface area contributed by atoms with Crippen LogP contribution in [0, 0.1) is 18.6 Å². The van der Waals surface area contributed by atoms with Crippen molar-refractivity contribution in [3.05, 3.63) is 65.2 Å². The standard InChI is InChI=1S/C17H19F2NS/c1-3-20-16(13-8-14(18)10-15(19)9-13)11-21-17-7-5-4-6-12(17)2/h4-10,16,20H,3,11H2,1-2H3. The Morgan fingerprint density at radius 1 is 1.10 bits per heavy atom. The van der Waals surface area contributed by atoms with Crippen LogP contribution in [0.2, 0.25) is 0 Å². The summed E-state index contributed by atoms with van der Waals surface area (Å²) in [6.45, 7) is 4.80. The van der Waals surface area contributed by atoms with Crippen LogP contribution in [0.5, 0.6) is 0 Å². The monoisotopic (exact) mass is 307 g/mol. The fourth-order valence-corrected chi connectivity index (χ4v) is 3.31. The molecule has 1 N–H and O–H groups in total. The zero-order chi connectivity index (χ0) is 15.2. The van der Waals surface area contributed by atoms with E-state index in [9.17, 15) is 8.78 Å². The van der Waals surface area contributed by atoms with Gasteiger partial charge in [0, 0.05) is 22.8 Å². The van der Waals surface area contributed by atoms with Gasteiger partial charge in [0.15, 0.2) is 0 Å². The Balaban J connectivity index is 2.14. The number of nitrogens with one attached hydrogen (secondary N) is 1. The molecule has 0 bridgehead atoms. The van der Waals surface area contributed by atoms with E-state index in [4.69, 9.17) is 0 Å². The van der Waals surface area contributed by atoms with Gasteiger partial charge in [0.05, 0.1) is 0 Å². The molecule has 0 spiro atoms. The molecule has 4 heteroatoms. The van der Waals surface area contributed by atoms with Crippen molar-refractivity contribution in [2.75, 3.05) is 12.3 Å². The Kier molecular flexibility index (Phi) is 5.76. The lowest BCUT2D eigenvalue weighted by Crippen LogP contribution is -2.23. The van der Waals surface area contributed by atoms with Crippen LogP contribution in [0.4, 0.5) is 8.78 Å². The Hall–Kier alpha value is -1.39. The van der Waals surface area contributed by atoms with E-state index in [2.05, 4.69) is 24.4 Å². The average Bonchev–Trinajstić information content (AvgIpc) is 2.44. The van der Waals surface area contributed by atoms with Gasteiger partial charge in [0.1, 0.15) is 11.6 Å². The fourth-order valence-electron chi connectivity index (χ4n) is 2.19. The van der Waals surface area contributed by atoms with Crippen LogP contribution < -0.4 is 5.32 Å². The van der Waals surface area contributed by atoms with Crippen molar-refractivity contribution in [1.82, 2.24) is 5.32 Å². The maximum Gasteiger partial charge on any atom is 0.126 e. The molecule has 0 fully saturated rings. The zero-order valence-corrected chi connectivity index (χ0v) is 13.0. The molecule has 112 valence electrons. The lowest BCUT2D eigenvalue weighted by atomic mass is 10.1. The average molecular weight is 307 g/mol. The summed E-state index contributed by atoms with van der Waals surface area (Å²) in [6.07, 6.45) is 0. The van der Waals surface area contributed by atoms with Gasteiger partial charge < -0.3 is 5.32 Å². The zero-order valence-electron chi connectivity index (χ0n) is 12.2. The first-order valence-corrected chi connectivity index (χ1v) is 7.96. The van der Waals surface area contributed by atoms with Gasteiger partial charge in [0.25, 0.3) is 0 Å². The molecule has 0 saturated heterocycles. The molecular weight excluding hydrogens is 288 g/mol. The second-order valence-electron chi connectivity index (χ2n) is 4.89. The molecule has 0 heterocycles. The van der Waals surface area contributed by atoms with Crippen LogP contribution in [0.15, 0.2) is 47.4 Å². The van der Waals surface area contributed by atoms with Gasteiger partial charge in [-0.3, -0.25) is 0 Å². The maximum atomic E-state index is 13.4. The number of benzene rings is 2. The van der Waals surface area contributed by atoms with Crippen molar-refractivity contribution < 1.29 is 8.78 Å². The second-order valence-corrected chi connectivity index (χ2v) is 5.95. The Morgan fingerprint density at radius 2 is 1.76 bits per heavy atom. The van der Waals surface area contributed by atoms with Crippen LogP contribution in [-0.2, 0) is 0 Å². The van der Waals surface area contributed by atoms with Crippen LogP contribution in [-0.4, -0.2) is 12.3 Å². The van der Waals surface area contributed by atoms with E-state index < -0.39 is 11.6 Å². The SMILES string of the molecule is CCNC(CSc1ccccc1C)c1cc(F)cc(F)c1. The van der Waals surface area contributed by atoms with Crippen LogP contribution >= 0.6 is 11.8 Å². The summed E-state index contributed by atoms with van der Waals surface area (Å²) in [5.41, 5.74) is 1.86. The molecule has 0 saturated carbocycles. The van der Waals surface area contributed by atoms with E-state index in [0.29, 0.717) is 5.56 Å². The number of hydrogen-bond donors (Lipinski definition) is 1. The largest absolute Gasteiger partial charge is 0.309 e. The van der Waals surface area contributed by atoms with E-state index in [0.717, 1.165) is 18.4 Å². The van der Waals surface area contributed by atoms with Crippen molar-refractivity contribution in [2.24, 2.45) is 0 Å². The molecule has 1 nitrogen and oxygen atoms in total. The van der Waals surface area contributed by atoms with Crippen molar-refractivity contribution in [1.29, 1.82) is 0 Å². The normalized spacial score (nSPS) is 12.4. The minimum absolute atomic E-state index is 0.0789. The molecule has 2 aromatic carbocycles. The summed E-state index contributed by atoms with van der Waals surface area (Å²) in [7, 11) is 0. The molecule has 0 amide bonds. The summed E-state index contributed by atoms with van der Waals surface area (Å²) in [5, 5.41) is 3.29. The molecule has 21 heavy (non-hydrogen) atoms. The highest BCUT2D eigenvalue weighted by molar-refractivity contribution is 7.99. The van der Waals surface area contributed by atoms with E-state index in [1.165, 1.54) is 22.6 Å². The summed E-state index contributed by atoms with van der Waals surface area (Å²) in [4.78, 5) is 1.19. The van der Waals surface area contributed by atoms with E-state index in [1.807, 2.05) is 19.1 Å². The first-order chi connectivity index (χ1) is 10.1. The van der Waals surface area contributed by atoms with Gasteiger partial charge in [-0.1, -0.05) is 25.1 Å². The second kappa shape index (κ2) is 7.57. The van der Waals surface area contributed by atoms with Crippen LogP contribution in [0.25, 0.3) is 0 Å². The predicted octanol–water partition coefficient (Wildman–Crippen LogP) is 4.72. The number of rotatable bonds is 6. The van der Waals surface area contributed by atoms with E-state index >= 15 is 0 Å². The predicted molar refractivity (Wildman–Crippen MR) is 84.7 cm³/mol. The lowest BCUT2D eigenvalue weighted by Gasteiger charge is -2.19. The van der Waals surface area contributed by atoms with Crippen LogP contribution in [0.3, 0.4) is 0 Å². The summed E-state index contributed by atoms with van der Waals surface area (Å²) in [5.74, 6) is -0.343. The molecule has 0 aliphatic carbocycles. The van der Waals surface area contributed by atoms with Gasteiger partial charge in [-0.15, -0.1) is 11.8 Å². The third-order valence-electron chi connectivity index (χ3n) is 3.24. The molecule has 1 atom stereocenters. The number of hydrogen-bond acceptors (Lipinski definition) is 2. The highest BCUT2D eigenvalue weighted by Gasteiger charge is 2.13. The smallest absolute Gasteiger partial charge is 0.126 e. The maximum absolute atomic E-state index is 13.4. The molecule has 0 radical (unpaired) electrons. The molecule has 2 rings (SSSR count). The molecule has 1 unspecified atom stereocenters. The number of aryl methyl sites for hydroxylation is 1. The first kappa shape index (κ1) is 16.0. The van der Waals surface area contributed by atoms with Gasteiger partial charge in [0.2, 0.25) is 0 Å². The number of thioether (sulfide) groups is 1. The quantitative estimate of drug-likeness (QED) is 0.775. The molecule has 0 aliphatic heterocycles. The van der Waals surface area contributed by atoms with Gasteiger partial charge >= 0.3 is 0 Å². The Morgan fingerprint density at radius 3 is 2.38 bits per heavy atom. The van der Waals surface area contributed by atoms with E-state index in [-0.39, 0.29) is 6.04 Å². The Labute approximate surface area is 128 Å². The van der Waals surface area contributed by atoms with Crippen LogP contribution in [0.1, 0.15) is 24.1 Å². The van der Waals surface area contributed by atoms with E-state index in [1.54, 1.807) is 11.8 Å². The minimum atomic E-state index is -0.534. The Bertz CT molecular complexity index is 581. The van der Waals surface area contributed by atoms with Crippen molar-refractivity contribution in [3.8, 4) is 0 Å². The highest BCUT2D eigenvalue weighted by Crippen LogP contribution is 2.27. The molecule has 0 aliphatic rings. The highest BCUT2D eigenvalue weighted by atomic mass is 32.2.